The predicted molar refractivity (Wildman–Crippen MR) is 89.2 cm³/mol. The van der Waals surface area contributed by atoms with Gasteiger partial charge < -0.3 is 4.74 Å². The summed E-state index contributed by atoms with van der Waals surface area (Å²) in [6, 6.07) is 8.35. The molecule has 0 unspecified atom stereocenters. The van der Waals surface area contributed by atoms with Crippen molar-refractivity contribution < 1.29 is 4.74 Å². The highest BCUT2D eigenvalue weighted by Crippen LogP contribution is 2.33. The summed E-state index contributed by atoms with van der Waals surface area (Å²) >= 11 is 12.5. The standard InChI is InChI=1S/C17H26Cl2O/c1-14(2)8-10-20-11-9-17(12-18,13-19)16-7-5-4-6-15(16)3/h4-7,14H,8-13H2,1-3H3. The van der Waals surface area contributed by atoms with E-state index in [1.165, 1.54) is 11.1 Å². The van der Waals surface area contributed by atoms with Gasteiger partial charge in [-0.2, -0.15) is 0 Å². The van der Waals surface area contributed by atoms with Gasteiger partial charge in [-0.05, 0) is 36.8 Å². The van der Waals surface area contributed by atoms with Crippen molar-refractivity contribution in [2.24, 2.45) is 5.92 Å². The zero-order chi connectivity index (χ0) is 15.0. The number of hydrogen-bond acceptors (Lipinski definition) is 1. The van der Waals surface area contributed by atoms with Gasteiger partial charge in [0.25, 0.3) is 0 Å². The van der Waals surface area contributed by atoms with Gasteiger partial charge in [0, 0.05) is 30.4 Å². The van der Waals surface area contributed by atoms with Crippen molar-refractivity contribution in [1.29, 1.82) is 0 Å². The van der Waals surface area contributed by atoms with Crippen molar-refractivity contribution in [2.45, 2.75) is 39.0 Å². The fourth-order valence-electron chi connectivity index (χ4n) is 2.30. The van der Waals surface area contributed by atoms with Gasteiger partial charge in [0.15, 0.2) is 0 Å². The topological polar surface area (TPSA) is 9.23 Å². The van der Waals surface area contributed by atoms with E-state index in [9.17, 15) is 0 Å². The molecule has 0 spiro atoms. The second-order valence-electron chi connectivity index (χ2n) is 5.91. The minimum atomic E-state index is -0.188. The van der Waals surface area contributed by atoms with Crippen LogP contribution in [0.25, 0.3) is 0 Å². The lowest BCUT2D eigenvalue weighted by atomic mass is 9.79. The molecule has 1 aromatic carbocycles. The molecule has 0 saturated heterocycles. The molecular weight excluding hydrogens is 291 g/mol. The lowest BCUT2D eigenvalue weighted by Gasteiger charge is -2.31. The van der Waals surface area contributed by atoms with Gasteiger partial charge in [-0.1, -0.05) is 38.1 Å². The highest BCUT2D eigenvalue weighted by molar-refractivity contribution is 6.22. The van der Waals surface area contributed by atoms with Crippen molar-refractivity contribution in [2.75, 3.05) is 25.0 Å². The summed E-state index contributed by atoms with van der Waals surface area (Å²) in [5.41, 5.74) is 2.31. The van der Waals surface area contributed by atoms with E-state index in [1.807, 2.05) is 6.07 Å². The first-order chi connectivity index (χ1) is 9.55. The fourth-order valence-corrected chi connectivity index (χ4v) is 3.15. The maximum atomic E-state index is 6.25. The van der Waals surface area contributed by atoms with Crippen LogP contribution >= 0.6 is 23.2 Å². The predicted octanol–water partition coefficient (Wildman–Crippen LogP) is 5.16. The highest BCUT2D eigenvalue weighted by atomic mass is 35.5. The minimum Gasteiger partial charge on any atom is -0.381 e. The first-order valence-corrected chi connectivity index (χ1v) is 8.38. The largest absolute Gasteiger partial charge is 0.381 e. The molecule has 3 heteroatoms. The van der Waals surface area contributed by atoms with E-state index in [2.05, 4.69) is 39.0 Å². The Hall–Kier alpha value is -0.240. The summed E-state index contributed by atoms with van der Waals surface area (Å²) in [6.07, 6.45) is 1.96. The van der Waals surface area contributed by atoms with Crippen molar-refractivity contribution in [3.63, 3.8) is 0 Å². The van der Waals surface area contributed by atoms with Crippen molar-refractivity contribution >= 4 is 23.2 Å². The van der Waals surface area contributed by atoms with Gasteiger partial charge in [-0.25, -0.2) is 0 Å². The molecule has 0 bridgehead atoms. The molecule has 1 aromatic rings. The van der Waals surface area contributed by atoms with Gasteiger partial charge in [0.2, 0.25) is 0 Å². The van der Waals surface area contributed by atoms with Crippen molar-refractivity contribution in [1.82, 2.24) is 0 Å². The molecule has 0 aliphatic rings. The lowest BCUT2D eigenvalue weighted by molar-refractivity contribution is 0.109. The molecule has 0 radical (unpaired) electrons. The quantitative estimate of drug-likeness (QED) is 0.451. The molecule has 114 valence electrons. The first kappa shape index (κ1) is 17.8. The second-order valence-corrected chi connectivity index (χ2v) is 6.44. The monoisotopic (exact) mass is 316 g/mol. The van der Waals surface area contributed by atoms with E-state index in [1.54, 1.807) is 0 Å². The minimum absolute atomic E-state index is 0.188. The maximum Gasteiger partial charge on any atom is 0.0475 e. The molecule has 1 rings (SSSR count). The average Bonchev–Trinajstić information content (AvgIpc) is 2.44. The SMILES string of the molecule is Cc1ccccc1C(CCl)(CCl)CCOCCC(C)C. The van der Waals surface area contributed by atoms with Crippen LogP contribution in [0.5, 0.6) is 0 Å². The number of ether oxygens (including phenoxy) is 1. The summed E-state index contributed by atoms with van der Waals surface area (Å²) in [7, 11) is 0. The Morgan fingerprint density at radius 1 is 1.10 bits per heavy atom. The van der Waals surface area contributed by atoms with Gasteiger partial charge in [-0.3, -0.25) is 0 Å². The Labute approximate surface area is 133 Å². The van der Waals surface area contributed by atoms with Crippen LogP contribution in [-0.2, 0) is 10.2 Å². The summed E-state index contributed by atoms with van der Waals surface area (Å²) in [5, 5.41) is 0. The number of benzene rings is 1. The van der Waals surface area contributed by atoms with Crippen molar-refractivity contribution in [3.8, 4) is 0 Å². The maximum absolute atomic E-state index is 6.25. The molecular formula is C17H26Cl2O. The number of aryl methyl sites for hydroxylation is 1. The number of alkyl halides is 2. The Bertz CT molecular complexity index is 386. The van der Waals surface area contributed by atoms with Gasteiger partial charge in [0.05, 0.1) is 0 Å². The zero-order valence-electron chi connectivity index (χ0n) is 12.8. The summed E-state index contributed by atoms with van der Waals surface area (Å²) in [4.78, 5) is 0. The smallest absolute Gasteiger partial charge is 0.0475 e. The van der Waals surface area contributed by atoms with E-state index in [4.69, 9.17) is 27.9 Å². The summed E-state index contributed by atoms with van der Waals surface area (Å²) < 4.78 is 5.75. The Morgan fingerprint density at radius 2 is 1.75 bits per heavy atom. The van der Waals surface area contributed by atoms with Gasteiger partial charge in [0.1, 0.15) is 0 Å². The van der Waals surface area contributed by atoms with Crippen LogP contribution in [0.1, 0.15) is 37.8 Å². The molecule has 0 aliphatic heterocycles. The highest BCUT2D eigenvalue weighted by Gasteiger charge is 2.31. The summed E-state index contributed by atoms with van der Waals surface area (Å²) in [5.74, 6) is 1.72. The first-order valence-electron chi connectivity index (χ1n) is 7.31. The molecule has 0 amide bonds. The van der Waals surface area contributed by atoms with Crippen LogP contribution < -0.4 is 0 Å². The van der Waals surface area contributed by atoms with Gasteiger partial charge >= 0.3 is 0 Å². The number of rotatable bonds is 9. The molecule has 1 nitrogen and oxygen atoms in total. The molecule has 0 heterocycles. The van der Waals surface area contributed by atoms with Gasteiger partial charge in [-0.15, -0.1) is 23.2 Å². The van der Waals surface area contributed by atoms with E-state index in [0.717, 1.165) is 19.4 Å². The van der Waals surface area contributed by atoms with E-state index < -0.39 is 0 Å². The van der Waals surface area contributed by atoms with Crippen LogP contribution in [0.2, 0.25) is 0 Å². The normalized spacial score (nSPS) is 12.1. The van der Waals surface area contributed by atoms with E-state index in [-0.39, 0.29) is 5.41 Å². The van der Waals surface area contributed by atoms with Crippen LogP contribution in [-0.4, -0.2) is 25.0 Å². The van der Waals surface area contributed by atoms with Crippen LogP contribution in [0, 0.1) is 12.8 Å². The third kappa shape index (κ3) is 4.95. The van der Waals surface area contributed by atoms with Crippen LogP contribution in [0.3, 0.4) is 0 Å². The third-order valence-electron chi connectivity index (χ3n) is 3.79. The molecule has 0 fully saturated rings. The van der Waals surface area contributed by atoms with E-state index in [0.29, 0.717) is 24.3 Å². The summed E-state index contributed by atoms with van der Waals surface area (Å²) in [6.45, 7) is 8.05. The Balaban J connectivity index is 2.66. The lowest BCUT2D eigenvalue weighted by Crippen LogP contribution is -2.33. The molecule has 0 saturated carbocycles. The molecule has 0 N–H and O–H groups in total. The van der Waals surface area contributed by atoms with Crippen LogP contribution in [0.4, 0.5) is 0 Å². The molecule has 0 aromatic heterocycles. The van der Waals surface area contributed by atoms with Crippen molar-refractivity contribution in [3.05, 3.63) is 35.4 Å². The Morgan fingerprint density at radius 3 is 2.30 bits per heavy atom. The molecule has 0 atom stereocenters. The average molecular weight is 317 g/mol. The molecule has 0 aliphatic carbocycles. The van der Waals surface area contributed by atoms with Crippen LogP contribution in [0.15, 0.2) is 24.3 Å². The Kier molecular flexibility index (Phi) is 7.94. The second kappa shape index (κ2) is 8.92. The zero-order valence-corrected chi connectivity index (χ0v) is 14.3. The molecule has 20 heavy (non-hydrogen) atoms. The third-order valence-corrected chi connectivity index (χ3v) is 4.82. The fraction of sp³-hybridized carbons (Fsp3) is 0.647. The van der Waals surface area contributed by atoms with E-state index >= 15 is 0 Å². The number of halogens is 2. The number of hydrogen-bond donors (Lipinski definition) is 0.